The summed E-state index contributed by atoms with van der Waals surface area (Å²) in [6.45, 7) is 0.168. The summed E-state index contributed by atoms with van der Waals surface area (Å²) in [5.41, 5.74) is 0.876. The second-order valence-corrected chi connectivity index (χ2v) is 4.78. The van der Waals surface area contributed by atoms with Gasteiger partial charge in [-0.3, -0.25) is 10.1 Å². The minimum Gasteiger partial charge on any atom is -0.396 e. The number of hydrogen-bond acceptors (Lipinski definition) is 3. The Morgan fingerprint density at radius 2 is 2.19 bits per heavy atom. The number of nitrogens with zero attached hydrogens (tertiary/aromatic N) is 1. The van der Waals surface area contributed by atoms with E-state index in [2.05, 4.69) is 0 Å². The van der Waals surface area contributed by atoms with Crippen molar-refractivity contribution in [2.75, 3.05) is 6.61 Å². The van der Waals surface area contributed by atoms with Crippen molar-refractivity contribution in [2.45, 2.75) is 19.3 Å². The van der Waals surface area contributed by atoms with Gasteiger partial charge in [-0.1, -0.05) is 17.7 Å². The molecule has 0 unspecified atom stereocenters. The molecule has 0 amide bonds. The Kier molecular flexibility index (Phi) is 2.86. The zero-order valence-corrected chi connectivity index (χ0v) is 9.41. The molecule has 86 valence electrons. The van der Waals surface area contributed by atoms with Crippen molar-refractivity contribution < 1.29 is 10.0 Å². The molecule has 0 heterocycles. The molecule has 0 aliphatic heterocycles. The largest absolute Gasteiger partial charge is 0.396 e. The van der Waals surface area contributed by atoms with Crippen molar-refractivity contribution in [1.29, 1.82) is 0 Å². The van der Waals surface area contributed by atoms with Crippen LogP contribution in [0.1, 0.15) is 18.4 Å². The van der Waals surface area contributed by atoms with Crippen LogP contribution in [0.5, 0.6) is 0 Å². The molecule has 0 atom stereocenters. The SMILES string of the molecule is O=[N+]([O-])c1ccc(CC2(CO)CC2)cc1Cl. The van der Waals surface area contributed by atoms with Gasteiger partial charge in [0.2, 0.25) is 0 Å². The fourth-order valence-corrected chi connectivity index (χ4v) is 2.08. The van der Waals surface area contributed by atoms with Gasteiger partial charge in [0.25, 0.3) is 5.69 Å². The van der Waals surface area contributed by atoms with E-state index in [0.29, 0.717) is 0 Å². The van der Waals surface area contributed by atoms with Gasteiger partial charge in [0.15, 0.2) is 0 Å². The minimum absolute atomic E-state index is 0.000534. The lowest BCUT2D eigenvalue weighted by molar-refractivity contribution is -0.384. The summed E-state index contributed by atoms with van der Waals surface area (Å²) in [4.78, 5) is 10.1. The summed E-state index contributed by atoms with van der Waals surface area (Å²) in [5, 5.41) is 19.9. The first-order valence-corrected chi connectivity index (χ1v) is 5.48. The average Bonchev–Trinajstić information content (AvgIpc) is 2.98. The highest BCUT2D eigenvalue weighted by atomic mass is 35.5. The summed E-state index contributed by atoms with van der Waals surface area (Å²) in [7, 11) is 0. The van der Waals surface area contributed by atoms with Crippen LogP contribution in [0, 0.1) is 15.5 Å². The molecule has 1 aliphatic carbocycles. The van der Waals surface area contributed by atoms with E-state index < -0.39 is 4.92 Å². The fourth-order valence-electron chi connectivity index (χ4n) is 1.81. The number of aliphatic hydroxyl groups excluding tert-OH is 1. The Balaban J connectivity index is 2.18. The Morgan fingerprint density at radius 1 is 1.50 bits per heavy atom. The van der Waals surface area contributed by atoms with E-state index in [4.69, 9.17) is 11.6 Å². The van der Waals surface area contributed by atoms with E-state index in [9.17, 15) is 15.2 Å². The fraction of sp³-hybridized carbons (Fsp3) is 0.455. The Bertz CT molecular complexity index is 429. The van der Waals surface area contributed by atoms with Crippen molar-refractivity contribution >= 4 is 17.3 Å². The molecular formula is C11H12ClNO3. The Labute approximate surface area is 98.0 Å². The number of rotatable bonds is 4. The molecule has 0 bridgehead atoms. The van der Waals surface area contributed by atoms with Gasteiger partial charge in [-0.2, -0.15) is 0 Å². The van der Waals surface area contributed by atoms with Crippen LogP contribution in [0.2, 0.25) is 5.02 Å². The van der Waals surface area contributed by atoms with E-state index in [-0.39, 0.29) is 22.7 Å². The molecule has 1 N–H and O–H groups in total. The van der Waals surface area contributed by atoms with Gasteiger partial charge in [-0.15, -0.1) is 0 Å². The second kappa shape index (κ2) is 4.03. The van der Waals surface area contributed by atoms with E-state index in [0.717, 1.165) is 24.8 Å². The molecule has 1 saturated carbocycles. The molecule has 0 aromatic heterocycles. The van der Waals surface area contributed by atoms with Gasteiger partial charge in [-0.05, 0) is 36.3 Å². The van der Waals surface area contributed by atoms with Crippen LogP contribution in [-0.2, 0) is 6.42 Å². The number of hydrogen-bond donors (Lipinski definition) is 1. The molecule has 5 heteroatoms. The number of nitro groups is 1. The zero-order chi connectivity index (χ0) is 11.8. The van der Waals surface area contributed by atoms with E-state index >= 15 is 0 Å². The highest BCUT2D eigenvalue weighted by Gasteiger charge is 2.41. The van der Waals surface area contributed by atoms with Crippen molar-refractivity contribution in [3.05, 3.63) is 38.9 Å². The average molecular weight is 242 g/mol. The highest BCUT2D eigenvalue weighted by molar-refractivity contribution is 6.32. The molecule has 2 rings (SSSR count). The summed E-state index contributed by atoms with van der Waals surface area (Å²) in [6, 6.07) is 4.75. The molecule has 0 spiro atoms. The van der Waals surface area contributed by atoms with Crippen molar-refractivity contribution in [3.8, 4) is 0 Å². The Morgan fingerprint density at radius 3 is 2.62 bits per heavy atom. The molecule has 0 saturated heterocycles. The lowest BCUT2D eigenvalue weighted by Gasteiger charge is -2.11. The molecule has 16 heavy (non-hydrogen) atoms. The molecule has 1 fully saturated rings. The normalized spacial score (nSPS) is 17.1. The predicted molar refractivity (Wildman–Crippen MR) is 60.6 cm³/mol. The van der Waals surface area contributed by atoms with E-state index in [1.807, 2.05) is 0 Å². The lowest BCUT2D eigenvalue weighted by Crippen LogP contribution is -2.10. The number of nitro benzene ring substituents is 1. The van der Waals surface area contributed by atoms with Gasteiger partial charge < -0.3 is 5.11 Å². The van der Waals surface area contributed by atoms with Crippen molar-refractivity contribution in [1.82, 2.24) is 0 Å². The summed E-state index contributed by atoms with van der Waals surface area (Å²) in [5.74, 6) is 0. The number of halogens is 1. The molecular weight excluding hydrogens is 230 g/mol. The van der Waals surface area contributed by atoms with Gasteiger partial charge in [0.1, 0.15) is 5.02 Å². The number of benzene rings is 1. The first-order valence-electron chi connectivity index (χ1n) is 5.10. The van der Waals surface area contributed by atoms with Gasteiger partial charge >= 0.3 is 0 Å². The molecule has 0 radical (unpaired) electrons. The predicted octanol–water partition coefficient (Wildman–Crippen LogP) is 2.56. The molecule has 1 aliphatic rings. The van der Waals surface area contributed by atoms with Crippen LogP contribution >= 0.6 is 11.6 Å². The van der Waals surface area contributed by atoms with Gasteiger partial charge in [0, 0.05) is 12.7 Å². The first-order chi connectivity index (χ1) is 7.56. The van der Waals surface area contributed by atoms with Crippen LogP contribution in [-0.4, -0.2) is 16.6 Å². The topological polar surface area (TPSA) is 63.4 Å². The summed E-state index contributed by atoms with van der Waals surface area (Å²) < 4.78 is 0. The monoisotopic (exact) mass is 241 g/mol. The standard InChI is InChI=1S/C11H12ClNO3/c12-9-5-8(1-2-10(9)13(15)16)6-11(7-14)3-4-11/h1-2,5,14H,3-4,6-7H2. The third-order valence-electron chi connectivity index (χ3n) is 3.08. The first kappa shape index (κ1) is 11.4. The van der Waals surface area contributed by atoms with Crippen LogP contribution in [0.4, 0.5) is 5.69 Å². The smallest absolute Gasteiger partial charge is 0.287 e. The maximum absolute atomic E-state index is 10.6. The van der Waals surface area contributed by atoms with Crippen LogP contribution < -0.4 is 0 Å². The second-order valence-electron chi connectivity index (χ2n) is 4.38. The Hall–Kier alpha value is -1.13. The maximum atomic E-state index is 10.6. The van der Waals surface area contributed by atoms with Crippen LogP contribution in [0.3, 0.4) is 0 Å². The maximum Gasteiger partial charge on any atom is 0.287 e. The van der Waals surface area contributed by atoms with Crippen molar-refractivity contribution in [2.24, 2.45) is 5.41 Å². The third-order valence-corrected chi connectivity index (χ3v) is 3.38. The minimum atomic E-state index is -0.495. The van der Waals surface area contributed by atoms with E-state index in [1.54, 1.807) is 12.1 Å². The lowest BCUT2D eigenvalue weighted by atomic mass is 9.97. The zero-order valence-electron chi connectivity index (χ0n) is 8.65. The quantitative estimate of drug-likeness (QED) is 0.651. The third kappa shape index (κ3) is 2.18. The van der Waals surface area contributed by atoms with E-state index in [1.165, 1.54) is 6.07 Å². The number of aliphatic hydroxyl groups is 1. The summed E-state index contributed by atoms with van der Waals surface area (Å²) >= 11 is 5.81. The van der Waals surface area contributed by atoms with Crippen LogP contribution in [0.25, 0.3) is 0 Å². The highest BCUT2D eigenvalue weighted by Crippen LogP contribution is 2.48. The molecule has 4 nitrogen and oxygen atoms in total. The molecule has 1 aromatic rings. The molecule has 1 aromatic carbocycles. The van der Waals surface area contributed by atoms with Gasteiger partial charge in [0.05, 0.1) is 4.92 Å². The van der Waals surface area contributed by atoms with Crippen LogP contribution in [0.15, 0.2) is 18.2 Å². The van der Waals surface area contributed by atoms with Gasteiger partial charge in [-0.25, -0.2) is 0 Å². The summed E-state index contributed by atoms with van der Waals surface area (Å²) in [6.07, 6.45) is 2.76. The van der Waals surface area contributed by atoms with Crippen molar-refractivity contribution in [3.63, 3.8) is 0 Å².